The normalized spacial score (nSPS) is 50.8. The Morgan fingerprint density at radius 2 is 1.83 bits per heavy atom. The van der Waals surface area contributed by atoms with Crippen molar-refractivity contribution in [3.8, 4) is 0 Å². The van der Waals surface area contributed by atoms with Crippen LogP contribution in [-0.4, -0.2) is 28.2 Å². The number of ketones is 1. The van der Waals surface area contributed by atoms with Gasteiger partial charge in [0.15, 0.2) is 5.78 Å². The van der Waals surface area contributed by atoms with E-state index in [1.54, 1.807) is 0 Å². The van der Waals surface area contributed by atoms with Crippen molar-refractivity contribution < 1.29 is 15.0 Å². The molecule has 4 aliphatic rings. The van der Waals surface area contributed by atoms with E-state index in [0.29, 0.717) is 36.4 Å². The summed E-state index contributed by atoms with van der Waals surface area (Å²) in [6.07, 6.45) is 10.6. The minimum Gasteiger partial charge on any atom is -0.396 e. The molecule has 4 aliphatic carbocycles. The van der Waals surface area contributed by atoms with Crippen LogP contribution in [0.25, 0.3) is 0 Å². The molecule has 0 radical (unpaired) electrons. The van der Waals surface area contributed by atoms with E-state index in [4.69, 9.17) is 0 Å². The van der Waals surface area contributed by atoms with Crippen LogP contribution in [0.4, 0.5) is 0 Å². The fourth-order valence-corrected chi connectivity index (χ4v) is 7.27. The molecule has 4 rings (SSSR count). The van der Waals surface area contributed by atoms with Gasteiger partial charge in [0, 0.05) is 13.0 Å². The van der Waals surface area contributed by atoms with Gasteiger partial charge in [0.1, 0.15) is 0 Å². The maximum Gasteiger partial charge on any atom is 0.155 e. The number of aliphatic hydroxyl groups excluding tert-OH is 1. The Balaban J connectivity index is 1.66. The van der Waals surface area contributed by atoms with Crippen LogP contribution >= 0.6 is 0 Å². The molecule has 3 heteroatoms. The van der Waals surface area contributed by atoms with E-state index in [0.717, 1.165) is 38.5 Å². The maximum atomic E-state index is 11.9. The number of fused-ring (bicyclic) bond motifs is 5. The standard InChI is InChI=1S/C21H32O3/c1-19-8-5-15(23)13-14(19)3-4-16-17(19)6-9-20(2)18(16)7-10-21(20,24)11-12-22/h13,16-18,22,24H,3-12H2,1-2H3/t16-,17+,18+,19+,20+,21+/m1/s1. The summed E-state index contributed by atoms with van der Waals surface area (Å²) in [7, 11) is 0. The highest BCUT2D eigenvalue weighted by molar-refractivity contribution is 5.91. The van der Waals surface area contributed by atoms with Crippen LogP contribution in [0.15, 0.2) is 11.6 Å². The Morgan fingerprint density at radius 3 is 2.58 bits per heavy atom. The second-order valence-corrected chi connectivity index (χ2v) is 9.47. The third-order valence-corrected chi connectivity index (χ3v) is 8.81. The second kappa shape index (κ2) is 5.41. The smallest absolute Gasteiger partial charge is 0.155 e. The van der Waals surface area contributed by atoms with E-state index < -0.39 is 5.60 Å². The molecule has 0 unspecified atom stereocenters. The summed E-state index contributed by atoms with van der Waals surface area (Å²) >= 11 is 0. The highest BCUT2D eigenvalue weighted by Crippen LogP contribution is 2.67. The van der Waals surface area contributed by atoms with Crippen LogP contribution in [0.3, 0.4) is 0 Å². The summed E-state index contributed by atoms with van der Waals surface area (Å²) in [5, 5.41) is 20.7. The molecule has 134 valence electrons. The lowest BCUT2D eigenvalue weighted by Gasteiger charge is -2.59. The van der Waals surface area contributed by atoms with Crippen molar-refractivity contribution in [3.63, 3.8) is 0 Å². The Labute approximate surface area is 145 Å². The largest absolute Gasteiger partial charge is 0.396 e. The molecule has 3 saturated carbocycles. The number of carbonyl (C=O) groups is 1. The maximum absolute atomic E-state index is 11.9. The van der Waals surface area contributed by atoms with Gasteiger partial charge in [-0.15, -0.1) is 0 Å². The van der Waals surface area contributed by atoms with Crippen molar-refractivity contribution in [2.24, 2.45) is 28.6 Å². The third kappa shape index (κ3) is 2.07. The minimum atomic E-state index is -0.684. The van der Waals surface area contributed by atoms with E-state index in [-0.39, 0.29) is 17.4 Å². The van der Waals surface area contributed by atoms with Crippen molar-refractivity contribution in [2.45, 2.75) is 77.2 Å². The second-order valence-electron chi connectivity index (χ2n) is 9.47. The van der Waals surface area contributed by atoms with Crippen molar-refractivity contribution in [2.75, 3.05) is 6.61 Å². The van der Waals surface area contributed by atoms with Crippen LogP contribution in [0.5, 0.6) is 0 Å². The summed E-state index contributed by atoms with van der Waals surface area (Å²) < 4.78 is 0. The quantitative estimate of drug-likeness (QED) is 0.812. The van der Waals surface area contributed by atoms with Gasteiger partial charge in [-0.05, 0) is 86.0 Å². The zero-order valence-electron chi connectivity index (χ0n) is 15.2. The molecule has 0 aliphatic heterocycles. The molecule has 2 N–H and O–H groups in total. The predicted octanol–water partition coefficient (Wildman–Crippen LogP) is 3.63. The van der Waals surface area contributed by atoms with Crippen LogP contribution in [0, 0.1) is 28.6 Å². The van der Waals surface area contributed by atoms with Gasteiger partial charge in [-0.25, -0.2) is 0 Å². The first-order valence-electron chi connectivity index (χ1n) is 9.91. The highest BCUT2D eigenvalue weighted by Gasteiger charge is 2.63. The molecule has 0 amide bonds. The summed E-state index contributed by atoms with van der Waals surface area (Å²) in [4.78, 5) is 11.9. The van der Waals surface area contributed by atoms with E-state index in [1.165, 1.54) is 12.0 Å². The Bertz CT molecular complexity index is 582. The average molecular weight is 332 g/mol. The van der Waals surface area contributed by atoms with Crippen molar-refractivity contribution >= 4 is 5.78 Å². The van der Waals surface area contributed by atoms with Gasteiger partial charge >= 0.3 is 0 Å². The summed E-state index contributed by atoms with van der Waals surface area (Å²) in [6, 6.07) is 0. The Morgan fingerprint density at radius 1 is 1.08 bits per heavy atom. The SMILES string of the molecule is C[C@]12CCC(=O)C=C1CC[C@@H]1[C@@H]2CC[C@@]2(C)[C@H]1CC[C@]2(O)CCO. The number of aliphatic hydroxyl groups is 2. The zero-order valence-corrected chi connectivity index (χ0v) is 15.2. The topological polar surface area (TPSA) is 57.5 Å². The molecule has 24 heavy (non-hydrogen) atoms. The van der Waals surface area contributed by atoms with Gasteiger partial charge in [0.2, 0.25) is 0 Å². The number of carbonyl (C=O) groups excluding carboxylic acids is 1. The summed E-state index contributed by atoms with van der Waals surface area (Å²) in [5.41, 5.74) is 0.887. The van der Waals surface area contributed by atoms with E-state index >= 15 is 0 Å². The van der Waals surface area contributed by atoms with Gasteiger partial charge in [-0.2, -0.15) is 0 Å². The molecular formula is C21H32O3. The van der Waals surface area contributed by atoms with Crippen molar-refractivity contribution in [3.05, 3.63) is 11.6 Å². The Hall–Kier alpha value is -0.670. The molecule has 0 aromatic carbocycles. The fraction of sp³-hybridized carbons (Fsp3) is 0.857. The first-order valence-corrected chi connectivity index (χ1v) is 9.91. The molecule has 0 saturated heterocycles. The molecule has 0 heterocycles. The molecular weight excluding hydrogens is 300 g/mol. The zero-order chi connectivity index (χ0) is 17.2. The van der Waals surface area contributed by atoms with Crippen LogP contribution < -0.4 is 0 Å². The number of hydrogen-bond acceptors (Lipinski definition) is 3. The molecule has 0 aromatic heterocycles. The van der Waals surface area contributed by atoms with E-state index in [9.17, 15) is 15.0 Å². The molecule has 6 atom stereocenters. The van der Waals surface area contributed by atoms with Crippen molar-refractivity contribution in [1.82, 2.24) is 0 Å². The molecule has 3 fully saturated rings. The predicted molar refractivity (Wildman–Crippen MR) is 93.4 cm³/mol. The summed E-state index contributed by atoms with van der Waals surface area (Å²) in [6.45, 7) is 4.77. The summed E-state index contributed by atoms with van der Waals surface area (Å²) in [5.74, 6) is 2.23. The van der Waals surface area contributed by atoms with Crippen LogP contribution in [-0.2, 0) is 4.79 Å². The number of hydrogen-bond donors (Lipinski definition) is 2. The van der Waals surface area contributed by atoms with Crippen LogP contribution in [0.1, 0.15) is 71.6 Å². The van der Waals surface area contributed by atoms with Gasteiger partial charge in [0.05, 0.1) is 5.60 Å². The Kier molecular flexibility index (Phi) is 3.78. The first kappa shape index (κ1) is 16.8. The molecule has 0 aromatic rings. The monoisotopic (exact) mass is 332 g/mol. The van der Waals surface area contributed by atoms with Crippen LogP contribution in [0.2, 0.25) is 0 Å². The lowest BCUT2D eigenvalue weighted by Crippen LogP contribution is -2.55. The number of allylic oxidation sites excluding steroid dienone is 1. The minimum absolute atomic E-state index is 0.0427. The lowest BCUT2D eigenvalue weighted by molar-refractivity contribution is -0.135. The fourth-order valence-electron chi connectivity index (χ4n) is 7.27. The third-order valence-electron chi connectivity index (χ3n) is 8.81. The lowest BCUT2D eigenvalue weighted by atomic mass is 9.46. The van der Waals surface area contributed by atoms with E-state index in [2.05, 4.69) is 13.8 Å². The van der Waals surface area contributed by atoms with Gasteiger partial charge in [-0.1, -0.05) is 19.4 Å². The molecule has 3 nitrogen and oxygen atoms in total. The highest BCUT2D eigenvalue weighted by atomic mass is 16.3. The van der Waals surface area contributed by atoms with Gasteiger partial charge in [0.25, 0.3) is 0 Å². The van der Waals surface area contributed by atoms with Gasteiger partial charge in [-0.3, -0.25) is 4.79 Å². The number of rotatable bonds is 2. The average Bonchev–Trinajstić information content (AvgIpc) is 2.80. The molecule has 0 spiro atoms. The van der Waals surface area contributed by atoms with E-state index in [1.807, 2.05) is 6.08 Å². The molecule has 0 bridgehead atoms. The first-order chi connectivity index (χ1) is 11.3. The van der Waals surface area contributed by atoms with Crippen molar-refractivity contribution in [1.29, 1.82) is 0 Å². The van der Waals surface area contributed by atoms with Gasteiger partial charge < -0.3 is 10.2 Å².